The molecule has 204 valence electrons. The van der Waals surface area contributed by atoms with E-state index in [1.54, 1.807) is 41.4 Å². The molecule has 13 nitrogen and oxygen atoms in total. The summed E-state index contributed by atoms with van der Waals surface area (Å²) in [5, 5.41) is 33.6. The summed E-state index contributed by atoms with van der Waals surface area (Å²) in [4.78, 5) is 36.7. The minimum Gasteiger partial charge on any atom is -0.480 e. The predicted molar refractivity (Wildman–Crippen MR) is 130 cm³/mol. The van der Waals surface area contributed by atoms with Crippen molar-refractivity contribution < 1.29 is 42.9 Å². The van der Waals surface area contributed by atoms with Gasteiger partial charge in [-0.05, 0) is 18.4 Å². The van der Waals surface area contributed by atoms with Gasteiger partial charge in [0.05, 0.1) is 18.9 Å². The summed E-state index contributed by atoms with van der Waals surface area (Å²) in [6.07, 6.45) is -5.28. The topological polar surface area (TPSA) is 189 Å². The highest BCUT2D eigenvalue weighted by Gasteiger charge is 2.45. The number of rotatable bonds is 10. The van der Waals surface area contributed by atoms with Crippen LogP contribution in [0.15, 0.2) is 58.3 Å². The molecule has 5 N–H and O–H groups in total. The predicted octanol–water partition coefficient (Wildman–Crippen LogP) is 1.10. The number of ether oxygens (including phenoxy) is 1. The van der Waals surface area contributed by atoms with E-state index >= 15 is 0 Å². The third kappa shape index (κ3) is 5.85. The van der Waals surface area contributed by atoms with Gasteiger partial charge in [-0.2, -0.15) is 9.48 Å². The van der Waals surface area contributed by atoms with E-state index < -0.39 is 68.0 Å². The number of aliphatic hydroxyl groups is 2. The molecule has 1 aromatic heterocycles. The van der Waals surface area contributed by atoms with Crippen LogP contribution in [0.25, 0.3) is 10.8 Å². The van der Waals surface area contributed by atoms with Crippen LogP contribution in [0.1, 0.15) is 19.6 Å². The molecule has 2 aromatic carbocycles. The molecule has 15 heteroatoms. The van der Waals surface area contributed by atoms with E-state index in [-0.39, 0.29) is 12.2 Å². The fourth-order valence-corrected chi connectivity index (χ4v) is 5.71. The molecule has 0 aliphatic carbocycles. The summed E-state index contributed by atoms with van der Waals surface area (Å²) < 4.78 is 45.2. The first-order valence-corrected chi connectivity index (χ1v) is 13.0. The van der Waals surface area contributed by atoms with Crippen LogP contribution in [0.3, 0.4) is 0 Å². The van der Waals surface area contributed by atoms with Crippen molar-refractivity contribution in [2.24, 2.45) is 0 Å². The molecular weight excluding hydrogens is 528 g/mol. The van der Waals surface area contributed by atoms with Crippen molar-refractivity contribution in [2.45, 2.75) is 43.9 Å². The molecule has 0 amide bonds. The molecule has 38 heavy (non-hydrogen) atoms. The molecule has 2 heterocycles. The fraction of sp³-hybridized carbons (Fsp3) is 0.348. The van der Waals surface area contributed by atoms with Crippen LogP contribution in [-0.4, -0.2) is 61.8 Å². The molecule has 0 bridgehead atoms. The van der Waals surface area contributed by atoms with Gasteiger partial charge in [0.2, 0.25) is 5.82 Å². The Hall–Kier alpha value is -3.39. The second kappa shape index (κ2) is 11.2. The monoisotopic (exact) mass is 553 g/mol. The van der Waals surface area contributed by atoms with Gasteiger partial charge in [-0.25, -0.2) is 9.36 Å². The minimum atomic E-state index is -4.58. The van der Waals surface area contributed by atoms with Gasteiger partial charge in [-0.1, -0.05) is 36.4 Å². The highest BCUT2D eigenvalue weighted by atomic mass is 31.2. The van der Waals surface area contributed by atoms with Crippen molar-refractivity contribution in [2.75, 3.05) is 6.61 Å². The molecule has 6 atom stereocenters. The number of aliphatic carboxylic acids is 1. The summed E-state index contributed by atoms with van der Waals surface area (Å²) in [7, 11) is -4.58. The van der Waals surface area contributed by atoms with Crippen LogP contribution in [0, 0.1) is 5.82 Å². The van der Waals surface area contributed by atoms with E-state index in [1.807, 2.05) is 0 Å². The normalized spacial score (nSPS) is 22.6. The summed E-state index contributed by atoms with van der Waals surface area (Å²) >= 11 is 0. The van der Waals surface area contributed by atoms with Crippen LogP contribution in [-0.2, 0) is 18.6 Å². The van der Waals surface area contributed by atoms with Crippen LogP contribution in [0.4, 0.5) is 4.39 Å². The second-order valence-electron chi connectivity index (χ2n) is 8.58. The Kier molecular flexibility index (Phi) is 8.11. The lowest BCUT2D eigenvalue weighted by atomic mass is 10.1. The van der Waals surface area contributed by atoms with Gasteiger partial charge in [0.15, 0.2) is 0 Å². The number of carboxylic acids is 1. The highest BCUT2D eigenvalue weighted by Crippen LogP contribution is 2.49. The zero-order valence-corrected chi connectivity index (χ0v) is 20.8. The van der Waals surface area contributed by atoms with E-state index in [2.05, 4.69) is 5.09 Å². The number of hydrogen-bond donors (Lipinski definition) is 5. The van der Waals surface area contributed by atoms with E-state index in [0.29, 0.717) is 16.2 Å². The van der Waals surface area contributed by atoms with Gasteiger partial charge >= 0.3 is 19.4 Å². The highest BCUT2D eigenvalue weighted by molar-refractivity contribution is 7.52. The first-order valence-electron chi connectivity index (χ1n) is 11.4. The molecule has 0 saturated carbocycles. The number of aromatic amines is 1. The van der Waals surface area contributed by atoms with Crippen molar-refractivity contribution in [1.82, 2.24) is 14.6 Å². The molecular formula is C23H25FN3O10P. The van der Waals surface area contributed by atoms with E-state index in [1.165, 1.54) is 13.0 Å². The Morgan fingerprint density at radius 2 is 2.00 bits per heavy atom. The zero-order chi connectivity index (χ0) is 27.6. The molecule has 0 unspecified atom stereocenters. The first-order chi connectivity index (χ1) is 18.0. The standard InChI is InChI=1S/C23H25FN3O10P/c1-12(22(31)32)26-38(34,36-17-8-4-6-13-5-2-3-7-14(13)17)37-18(11-28)20-16(29)9-19(35-20)27-10-15(24)21(30)25-23(27)33/h2-8,10,12,16,18-20,28-29H,9,11H2,1H3,(H,26,34)(H,31,32)(H,25,30,33)/t12-,16-,18+,19+,20-,38-/m0/s1. The van der Waals surface area contributed by atoms with Gasteiger partial charge in [-0.15, -0.1) is 0 Å². The molecule has 4 rings (SSSR count). The number of H-pyrrole nitrogens is 1. The van der Waals surface area contributed by atoms with Gasteiger partial charge in [-0.3, -0.25) is 23.7 Å². The minimum absolute atomic E-state index is 0.0919. The van der Waals surface area contributed by atoms with E-state index in [0.717, 1.165) is 5.39 Å². The summed E-state index contributed by atoms with van der Waals surface area (Å²) in [6, 6.07) is 10.5. The number of nitrogens with one attached hydrogen (secondary N) is 2. The number of hydrogen-bond acceptors (Lipinski definition) is 9. The van der Waals surface area contributed by atoms with Crippen molar-refractivity contribution in [3.8, 4) is 5.75 Å². The maximum atomic E-state index is 13.8. The summed E-state index contributed by atoms with van der Waals surface area (Å²) in [6.45, 7) is 0.336. The summed E-state index contributed by atoms with van der Waals surface area (Å²) in [5.41, 5.74) is -2.24. The van der Waals surface area contributed by atoms with Crippen LogP contribution < -0.4 is 20.9 Å². The lowest BCUT2D eigenvalue weighted by Gasteiger charge is -2.29. The van der Waals surface area contributed by atoms with Crippen molar-refractivity contribution in [1.29, 1.82) is 0 Å². The molecule has 1 saturated heterocycles. The lowest BCUT2D eigenvalue weighted by molar-refractivity contribution is -0.138. The number of benzene rings is 2. The largest absolute Gasteiger partial charge is 0.480 e. The van der Waals surface area contributed by atoms with Crippen molar-refractivity contribution >= 4 is 24.5 Å². The number of carbonyl (C=O) groups is 1. The number of nitrogens with zero attached hydrogens (tertiary/aromatic N) is 1. The first kappa shape index (κ1) is 27.6. The molecule has 1 aliphatic rings. The van der Waals surface area contributed by atoms with Crippen molar-refractivity contribution in [3.63, 3.8) is 0 Å². The second-order valence-corrected chi connectivity index (χ2v) is 10.2. The molecule has 0 spiro atoms. The maximum Gasteiger partial charge on any atom is 0.459 e. The Morgan fingerprint density at radius 1 is 1.29 bits per heavy atom. The molecule has 0 radical (unpaired) electrons. The van der Waals surface area contributed by atoms with Gasteiger partial charge in [0, 0.05) is 11.8 Å². The molecule has 1 fully saturated rings. The van der Waals surface area contributed by atoms with Gasteiger partial charge in [0.1, 0.15) is 30.2 Å². The van der Waals surface area contributed by atoms with Crippen LogP contribution in [0.5, 0.6) is 5.75 Å². The smallest absolute Gasteiger partial charge is 0.459 e. The Bertz CT molecular complexity index is 1490. The third-order valence-corrected chi connectivity index (χ3v) is 7.57. The third-order valence-electron chi connectivity index (χ3n) is 5.88. The number of halogens is 1. The lowest BCUT2D eigenvalue weighted by Crippen LogP contribution is -2.42. The average Bonchev–Trinajstić information content (AvgIpc) is 3.26. The van der Waals surface area contributed by atoms with Crippen molar-refractivity contribution in [3.05, 3.63) is 75.3 Å². The number of fused-ring (bicyclic) bond motifs is 1. The van der Waals surface area contributed by atoms with Gasteiger partial charge < -0.3 is 24.6 Å². The zero-order valence-electron chi connectivity index (χ0n) is 19.9. The number of carboxylic acid groups (broad SMARTS) is 1. The Balaban J connectivity index is 1.63. The van der Waals surface area contributed by atoms with Gasteiger partial charge in [0.25, 0.3) is 5.56 Å². The SMILES string of the molecule is C[C@H](N[P@](=O)(Oc1cccc2ccccc12)O[C@H](CO)[C@H]1O[C@@H](n2cc(F)c(=O)[nH]c2=O)C[C@@H]1O)C(=O)O. The van der Waals surface area contributed by atoms with Crippen LogP contribution in [0.2, 0.25) is 0 Å². The Labute approximate surface area is 214 Å². The fourth-order valence-electron chi connectivity index (χ4n) is 4.01. The summed E-state index contributed by atoms with van der Waals surface area (Å²) in [5.74, 6) is -2.54. The number of aliphatic hydroxyl groups excluding tert-OH is 2. The molecule has 1 aliphatic heterocycles. The number of aromatic nitrogens is 2. The average molecular weight is 553 g/mol. The van der Waals surface area contributed by atoms with E-state index in [9.17, 15) is 38.7 Å². The van der Waals surface area contributed by atoms with E-state index in [4.69, 9.17) is 13.8 Å². The van der Waals surface area contributed by atoms with Crippen LogP contribution >= 0.6 is 7.75 Å². The molecule has 3 aromatic rings. The Morgan fingerprint density at radius 3 is 2.71 bits per heavy atom. The quantitative estimate of drug-likeness (QED) is 0.226. The maximum absolute atomic E-state index is 13.8.